The largest absolute Gasteiger partial charge is 0.335 e. The van der Waals surface area contributed by atoms with Crippen molar-refractivity contribution in [3.05, 3.63) is 12.2 Å². The average molecular weight is 259 g/mol. The summed E-state index contributed by atoms with van der Waals surface area (Å²) in [5.74, 6) is 0.232. The summed E-state index contributed by atoms with van der Waals surface area (Å²) in [5, 5.41) is 12.6. The molecule has 0 aliphatic heterocycles. The number of carbonyl (C=O) groups excluding carboxylic acids is 1. The molecule has 2 saturated carbocycles. The molecule has 1 aromatic heterocycles. The molecule has 2 aliphatic rings. The number of hydrogen-bond donors (Lipinski definition) is 0. The fraction of sp³-hybridized carbons (Fsp3) is 0.692. The van der Waals surface area contributed by atoms with Crippen LogP contribution in [-0.4, -0.2) is 37.7 Å². The summed E-state index contributed by atoms with van der Waals surface area (Å²) in [7, 11) is 0. The van der Waals surface area contributed by atoms with Gasteiger partial charge in [0.1, 0.15) is 18.9 Å². The molecule has 3 rings (SSSR count). The molecule has 0 atom stereocenters. The minimum atomic E-state index is 0.115. The van der Waals surface area contributed by atoms with Crippen molar-refractivity contribution in [2.45, 2.75) is 57.2 Å². The first kappa shape index (κ1) is 12.2. The summed E-state index contributed by atoms with van der Waals surface area (Å²) >= 11 is 0. The molecule has 100 valence electrons. The molecule has 0 saturated heterocycles. The second kappa shape index (κ2) is 5.00. The zero-order valence-electron chi connectivity index (χ0n) is 10.8. The molecule has 6 nitrogen and oxygen atoms in total. The topological polar surface area (TPSA) is 74.8 Å². The number of aromatic nitrogens is 3. The van der Waals surface area contributed by atoms with Gasteiger partial charge < -0.3 is 4.90 Å². The van der Waals surface area contributed by atoms with E-state index < -0.39 is 0 Å². The number of hydrogen-bond acceptors (Lipinski definition) is 4. The highest BCUT2D eigenvalue weighted by molar-refractivity contribution is 5.77. The quantitative estimate of drug-likeness (QED) is 0.811. The molecule has 0 bridgehead atoms. The van der Waals surface area contributed by atoms with Crippen molar-refractivity contribution in [2.24, 2.45) is 0 Å². The van der Waals surface area contributed by atoms with Crippen LogP contribution in [0.3, 0.4) is 0 Å². The Hall–Kier alpha value is -1.90. The third kappa shape index (κ3) is 2.60. The number of amides is 1. The van der Waals surface area contributed by atoms with Crippen molar-refractivity contribution in [1.29, 1.82) is 5.26 Å². The molecule has 0 unspecified atom stereocenters. The highest BCUT2D eigenvalue weighted by Gasteiger charge is 2.38. The van der Waals surface area contributed by atoms with E-state index in [0.717, 1.165) is 25.7 Å². The summed E-state index contributed by atoms with van der Waals surface area (Å²) in [6, 6.07) is 2.73. The second-order valence-corrected chi connectivity index (χ2v) is 5.35. The van der Waals surface area contributed by atoms with E-state index in [1.165, 1.54) is 23.9 Å². The van der Waals surface area contributed by atoms with Gasteiger partial charge in [0.05, 0.1) is 0 Å². The molecule has 0 spiro atoms. The Labute approximate surface area is 112 Å². The van der Waals surface area contributed by atoms with E-state index in [-0.39, 0.29) is 18.3 Å². The molecular weight excluding hydrogens is 242 g/mol. The molecule has 0 N–H and O–H groups in total. The van der Waals surface area contributed by atoms with Gasteiger partial charge in [0.2, 0.25) is 5.91 Å². The first-order valence-electron chi connectivity index (χ1n) is 6.88. The van der Waals surface area contributed by atoms with Gasteiger partial charge in [-0.25, -0.2) is 9.67 Å². The lowest BCUT2D eigenvalue weighted by Crippen LogP contribution is -2.42. The summed E-state index contributed by atoms with van der Waals surface area (Å²) in [5.41, 5.74) is 0. The van der Waals surface area contributed by atoms with E-state index in [1.54, 1.807) is 0 Å². The van der Waals surface area contributed by atoms with Crippen LogP contribution in [-0.2, 0) is 11.3 Å². The van der Waals surface area contributed by atoms with Crippen molar-refractivity contribution in [3.8, 4) is 6.07 Å². The van der Waals surface area contributed by atoms with Crippen molar-refractivity contribution in [2.75, 3.05) is 0 Å². The number of nitriles is 1. The number of carbonyl (C=O) groups is 1. The molecule has 2 aliphatic carbocycles. The van der Waals surface area contributed by atoms with E-state index in [0.29, 0.717) is 12.1 Å². The van der Waals surface area contributed by atoms with Gasteiger partial charge in [-0.15, -0.1) is 5.10 Å². The van der Waals surface area contributed by atoms with Crippen LogP contribution in [0.25, 0.3) is 0 Å². The lowest BCUT2D eigenvalue weighted by molar-refractivity contribution is -0.135. The molecule has 1 heterocycles. The fourth-order valence-corrected chi connectivity index (χ4v) is 2.88. The van der Waals surface area contributed by atoms with E-state index in [2.05, 4.69) is 15.0 Å². The van der Waals surface area contributed by atoms with Gasteiger partial charge >= 0.3 is 0 Å². The minimum absolute atomic E-state index is 0.115. The monoisotopic (exact) mass is 259 g/mol. The van der Waals surface area contributed by atoms with Crippen LogP contribution in [0.2, 0.25) is 0 Å². The van der Waals surface area contributed by atoms with E-state index in [9.17, 15) is 4.79 Å². The Bertz CT molecular complexity index is 507. The predicted octanol–water partition coefficient (Wildman–Crippen LogP) is 1.08. The van der Waals surface area contributed by atoms with E-state index in [1.807, 2.05) is 6.07 Å². The van der Waals surface area contributed by atoms with Gasteiger partial charge in [0, 0.05) is 12.1 Å². The molecule has 1 amide bonds. The van der Waals surface area contributed by atoms with Crippen LogP contribution in [0, 0.1) is 11.3 Å². The third-order valence-corrected chi connectivity index (χ3v) is 3.88. The van der Waals surface area contributed by atoms with Crippen LogP contribution in [0.4, 0.5) is 0 Å². The van der Waals surface area contributed by atoms with Crippen LogP contribution in [0.5, 0.6) is 0 Å². The highest BCUT2D eigenvalue weighted by atomic mass is 16.2. The minimum Gasteiger partial charge on any atom is -0.335 e. The molecule has 0 aromatic carbocycles. The van der Waals surface area contributed by atoms with Gasteiger partial charge in [-0.2, -0.15) is 5.26 Å². The van der Waals surface area contributed by atoms with E-state index >= 15 is 0 Å². The van der Waals surface area contributed by atoms with Gasteiger partial charge in [0.25, 0.3) is 5.82 Å². The Morgan fingerprint density at radius 2 is 2.05 bits per heavy atom. The zero-order chi connectivity index (χ0) is 13.2. The van der Waals surface area contributed by atoms with Gasteiger partial charge in [-0.1, -0.05) is 12.8 Å². The number of rotatable bonds is 4. The van der Waals surface area contributed by atoms with Crippen LogP contribution in [0.1, 0.15) is 44.3 Å². The highest BCUT2D eigenvalue weighted by Crippen LogP contribution is 2.34. The van der Waals surface area contributed by atoms with Crippen molar-refractivity contribution >= 4 is 5.91 Å². The van der Waals surface area contributed by atoms with E-state index in [4.69, 9.17) is 5.26 Å². The smallest absolute Gasteiger partial charge is 0.252 e. The summed E-state index contributed by atoms with van der Waals surface area (Å²) < 4.78 is 1.46. The summed E-state index contributed by atoms with van der Waals surface area (Å²) in [6.45, 7) is 0.196. The molecular formula is C13H17N5O. The maximum atomic E-state index is 12.4. The molecule has 0 radical (unpaired) electrons. The van der Waals surface area contributed by atoms with Crippen molar-refractivity contribution in [1.82, 2.24) is 19.7 Å². The Kier molecular flexibility index (Phi) is 3.20. The Morgan fingerprint density at radius 3 is 2.63 bits per heavy atom. The summed E-state index contributed by atoms with van der Waals surface area (Å²) in [4.78, 5) is 18.3. The summed E-state index contributed by atoms with van der Waals surface area (Å²) in [6.07, 6.45) is 8.42. The zero-order valence-corrected chi connectivity index (χ0v) is 10.8. The van der Waals surface area contributed by atoms with Crippen LogP contribution >= 0.6 is 0 Å². The maximum Gasteiger partial charge on any atom is 0.252 e. The molecule has 6 heteroatoms. The first-order valence-corrected chi connectivity index (χ1v) is 6.88. The standard InChI is InChI=1S/C13H17N5O/c14-7-12-15-9-17(16-12)8-13(19)18(11-5-6-11)10-3-1-2-4-10/h9-11H,1-6,8H2. The Morgan fingerprint density at radius 1 is 1.37 bits per heavy atom. The molecule has 19 heavy (non-hydrogen) atoms. The maximum absolute atomic E-state index is 12.4. The number of nitrogens with zero attached hydrogens (tertiary/aromatic N) is 5. The lowest BCUT2D eigenvalue weighted by Gasteiger charge is -2.29. The SMILES string of the molecule is N#Cc1ncn(CC(=O)N(C2CCCC2)C2CC2)n1. The van der Waals surface area contributed by atoms with Gasteiger partial charge in [0.15, 0.2) is 0 Å². The predicted molar refractivity (Wildman–Crippen MR) is 66.9 cm³/mol. The fourth-order valence-electron chi connectivity index (χ4n) is 2.88. The van der Waals surface area contributed by atoms with Crippen LogP contribution < -0.4 is 0 Å². The van der Waals surface area contributed by atoms with Gasteiger partial charge in [-0.05, 0) is 25.7 Å². The average Bonchev–Trinajstić information content (AvgIpc) is 2.92. The normalized spacial score (nSPS) is 19.3. The third-order valence-electron chi connectivity index (χ3n) is 3.88. The lowest BCUT2D eigenvalue weighted by atomic mass is 10.2. The van der Waals surface area contributed by atoms with Gasteiger partial charge in [-0.3, -0.25) is 4.79 Å². The molecule has 2 fully saturated rings. The first-order chi connectivity index (χ1) is 9.28. The Balaban J connectivity index is 1.68. The van der Waals surface area contributed by atoms with Crippen molar-refractivity contribution < 1.29 is 4.79 Å². The molecule has 1 aromatic rings. The second-order valence-electron chi connectivity index (χ2n) is 5.35. The van der Waals surface area contributed by atoms with Crippen molar-refractivity contribution in [3.63, 3.8) is 0 Å². The van der Waals surface area contributed by atoms with Crippen LogP contribution in [0.15, 0.2) is 6.33 Å².